The monoisotopic (exact) mass is 613 g/mol. The van der Waals surface area contributed by atoms with Crippen LogP contribution >= 0.6 is 0 Å². The first-order valence-electron chi connectivity index (χ1n) is 12.4. The predicted octanol–water partition coefficient (Wildman–Crippen LogP) is 3.93. The van der Waals surface area contributed by atoms with E-state index in [1.54, 1.807) is 19.3 Å². The molecule has 1 aliphatic rings. The molecule has 1 saturated heterocycles. The number of nitrogens with one attached hydrogen (secondary N) is 1. The maximum absolute atomic E-state index is 13.2. The fraction of sp³-hybridized carbons (Fsp3) is 0.286. The van der Waals surface area contributed by atoms with Crippen molar-refractivity contribution in [3.63, 3.8) is 0 Å². The number of nitrogens with zero attached hydrogens (tertiary/aromatic N) is 2. The molecule has 2 heterocycles. The average molecular weight is 614 g/mol. The number of carbonyl (C=O) groups is 4. The lowest BCUT2D eigenvalue weighted by molar-refractivity contribution is -0.143. The smallest absolute Gasteiger partial charge is 0.416 e. The van der Waals surface area contributed by atoms with Gasteiger partial charge in [0, 0.05) is 42.8 Å². The zero-order valence-electron chi connectivity index (χ0n) is 22.5. The SMILES string of the molecule is CN(C(=O)c1cc(C(F)(F)F)cc(C(F)(F)F)c1)C(C=CC(=O)O)Cc1cn(C)c2ccccc12.O=C1CC(O)C(=O)N1. The molecule has 0 spiro atoms. The fourth-order valence-electron chi connectivity index (χ4n) is 4.31. The van der Waals surface area contributed by atoms with Crippen LogP contribution in [0.4, 0.5) is 26.3 Å². The lowest BCUT2D eigenvalue weighted by Gasteiger charge is -2.26. The quantitative estimate of drug-likeness (QED) is 0.220. The molecule has 1 aliphatic heterocycles. The second kappa shape index (κ2) is 12.7. The Morgan fingerprint density at radius 3 is 2.12 bits per heavy atom. The summed E-state index contributed by atoms with van der Waals surface area (Å²) in [6.45, 7) is 0. The first-order valence-corrected chi connectivity index (χ1v) is 12.4. The summed E-state index contributed by atoms with van der Waals surface area (Å²) in [6.07, 6.45) is -7.65. The maximum Gasteiger partial charge on any atom is 0.416 e. The third-order valence-electron chi connectivity index (χ3n) is 6.47. The van der Waals surface area contributed by atoms with Crippen LogP contribution in [0.15, 0.2) is 60.8 Å². The van der Waals surface area contributed by atoms with E-state index in [1.165, 1.54) is 13.1 Å². The zero-order chi connectivity index (χ0) is 32.3. The number of carboxylic acid groups (broad SMARTS) is 1. The molecule has 0 radical (unpaired) electrons. The van der Waals surface area contributed by atoms with Gasteiger partial charge in [-0.3, -0.25) is 19.7 Å². The number of rotatable bonds is 6. The Bertz CT molecular complexity index is 1540. The standard InChI is InChI=1S/C24H20F6N2O3.C4H5NO3/c1-31-13-15(19-5-3-4-6-20(19)31)11-18(7-8-21(33)34)32(2)22(35)14-9-16(23(25,26)27)12-17(10-14)24(28,29)30;6-2-1-3(7)5-4(2)8/h3-10,12-13,18H,11H2,1-2H3,(H,33,34);2,6H,1H2,(H,5,7,8). The highest BCUT2D eigenvalue weighted by atomic mass is 19.4. The lowest BCUT2D eigenvalue weighted by Crippen LogP contribution is -2.37. The van der Waals surface area contributed by atoms with Gasteiger partial charge in [-0.25, -0.2) is 4.79 Å². The number of hydrogen-bond acceptors (Lipinski definition) is 5. The van der Waals surface area contributed by atoms with Gasteiger partial charge in [0.05, 0.1) is 23.6 Å². The number of aliphatic hydroxyl groups excluding tert-OH is 1. The minimum atomic E-state index is -5.11. The molecule has 2 aromatic carbocycles. The molecule has 3 amide bonds. The number of amides is 3. The second-order valence-corrected chi connectivity index (χ2v) is 9.59. The first-order chi connectivity index (χ1) is 19.9. The number of aliphatic hydroxyl groups is 1. The number of alkyl halides is 6. The highest BCUT2D eigenvalue weighted by Gasteiger charge is 2.38. The Kier molecular flexibility index (Phi) is 9.69. The third kappa shape index (κ3) is 8.22. The van der Waals surface area contributed by atoms with E-state index >= 15 is 0 Å². The van der Waals surface area contributed by atoms with Gasteiger partial charge in [0.2, 0.25) is 5.91 Å². The van der Waals surface area contributed by atoms with Crippen LogP contribution in [-0.4, -0.2) is 62.6 Å². The number of para-hydroxylation sites is 1. The van der Waals surface area contributed by atoms with Crippen LogP contribution in [0.25, 0.3) is 10.9 Å². The number of aliphatic carboxylic acids is 1. The molecule has 3 N–H and O–H groups in total. The van der Waals surface area contributed by atoms with E-state index in [4.69, 9.17) is 10.2 Å². The summed E-state index contributed by atoms with van der Waals surface area (Å²) >= 11 is 0. The van der Waals surface area contributed by atoms with Crippen molar-refractivity contribution in [3.05, 3.63) is 83.1 Å². The zero-order valence-corrected chi connectivity index (χ0v) is 22.5. The van der Waals surface area contributed by atoms with Gasteiger partial charge in [-0.1, -0.05) is 24.3 Å². The summed E-state index contributed by atoms with van der Waals surface area (Å²) in [4.78, 5) is 45.5. The van der Waals surface area contributed by atoms with Crippen LogP contribution in [0, 0.1) is 0 Å². The molecule has 15 heteroatoms. The van der Waals surface area contributed by atoms with Crippen molar-refractivity contribution >= 4 is 34.6 Å². The predicted molar refractivity (Wildman–Crippen MR) is 139 cm³/mol. The number of aryl methyl sites for hydroxylation is 1. The molecule has 2 unspecified atom stereocenters. The van der Waals surface area contributed by atoms with Crippen molar-refractivity contribution in [2.24, 2.45) is 7.05 Å². The molecule has 3 aromatic rings. The van der Waals surface area contributed by atoms with Crippen molar-refractivity contribution in [2.45, 2.75) is 37.3 Å². The Balaban J connectivity index is 0.000000546. The van der Waals surface area contributed by atoms with Crippen LogP contribution < -0.4 is 5.32 Å². The number of fused-ring (bicyclic) bond motifs is 1. The Labute approximate surface area is 240 Å². The van der Waals surface area contributed by atoms with Crippen molar-refractivity contribution in [2.75, 3.05) is 7.05 Å². The highest BCUT2D eigenvalue weighted by Crippen LogP contribution is 2.36. The summed E-state index contributed by atoms with van der Waals surface area (Å²) in [5, 5.41) is 20.3. The van der Waals surface area contributed by atoms with Gasteiger partial charge in [-0.15, -0.1) is 0 Å². The number of carboxylic acids is 1. The molecule has 0 aliphatic carbocycles. The van der Waals surface area contributed by atoms with Crippen molar-refractivity contribution in [3.8, 4) is 0 Å². The summed E-state index contributed by atoms with van der Waals surface area (Å²) in [7, 11) is 2.97. The summed E-state index contributed by atoms with van der Waals surface area (Å²) in [6, 6.07) is 6.92. The molecule has 0 saturated carbocycles. The number of imide groups is 1. The molecule has 43 heavy (non-hydrogen) atoms. The molecule has 230 valence electrons. The van der Waals surface area contributed by atoms with Gasteiger partial charge in [0.25, 0.3) is 11.8 Å². The van der Waals surface area contributed by atoms with E-state index < -0.39 is 64.9 Å². The van der Waals surface area contributed by atoms with Crippen molar-refractivity contribution in [1.29, 1.82) is 0 Å². The molecule has 4 rings (SSSR count). The third-order valence-corrected chi connectivity index (χ3v) is 6.47. The van der Waals surface area contributed by atoms with Gasteiger partial charge in [-0.2, -0.15) is 26.3 Å². The minimum Gasteiger partial charge on any atom is -0.478 e. The van der Waals surface area contributed by atoms with Gasteiger partial charge >= 0.3 is 18.3 Å². The van der Waals surface area contributed by atoms with E-state index in [0.717, 1.165) is 21.9 Å². The van der Waals surface area contributed by atoms with Crippen LogP contribution in [0.2, 0.25) is 0 Å². The molecular weight excluding hydrogens is 588 g/mol. The van der Waals surface area contributed by atoms with E-state index in [-0.39, 0.29) is 18.9 Å². The van der Waals surface area contributed by atoms with E-state index in [1.807, 2.05) is 28.1 Å². The molecule has 0 bridgehead atoms. The normalized spacial score (nSPS) is 16.2. The number of carbonyl (C=O) groups excluding carboxylic acids is 3. The number of hydrogen-bond donors (Lipinski definition) is 3. The van der Waals surface area contributed by atoms with Crippen LogP contribution in [0.5, 0.6) is 0 Å². The Hall–Kier alpha value is -4.66. The van der Waals surface area contributed by atoms with Crippen LogP contribution in [0.3, 0.4) is 0 Å². The van der Waals surface area contributed by atoms with Gasteiger partial charge in [0.1, 0.15) is 6.10 Å². The number of aromatic nitrogens is 1. The summed E-state index contributed by atoms with van der Waals surface area (Å²) in [5.41, 5.74) is -2.49. The summed E-state index contributed by atoms with van der Waals surface area (Å²) in [5.74, 6) is -3.44. The number of halogens is 6. The van der Waals surface area contributed by atoms with Crippen molar-refractivity contribution in [1.82, 2.24) is 14.8 Å². The molecular formula is C28H25F6N3O6. The molecule has 2 atom stereocenters. The Morgan fingerprint density at radius 1 is 1.07 bits per heavy atom. The van der Waals surface area contributed by atoms with Crippen molar-refractivity contribution < 1.29 is 55.7 Å². The number of benzene rings is 2. The molecule has 9 nitrogen and oxygen atoms in total. The average Bonchev–Trinajstić information content (AvgIpc) is 3.40. The molecule has 1 aromatic heterocycles. The highest BCUT2D eigenvalue weighted by molar-refractivity contribution is 6.04. The second-order valence-electron chi connectivity index (χ2n) is 9.59. The van der Waals surface area contributed by atoms with Gasteiger partial charge in [-0.05, 0) is 36.2 Å². The minimum absolute atomic E-state index is 0.0608. The first kappa shape index (κ1) is 32.8. The van der Waals surface area contributed by atoms with E-state index in [2.05, 4.69) is 0 Å². The van der Waals surface area contributed by atoms with E-state index in [0.29, 0.717) is 17.7 Å². The number of likely N-dealkylation sites (N-methyl/N-ethyl adjacent to an activating group) is 1. The molecule has 1 fully saturated rings. The fourth-order valence-corrected chi connectivity index (χ4v) is 4.31. The van der Waals surface area contributed by atoms with E-state index in [9.17, 15) is 45.5 Å². The largest absolute Gasteiger partial charge is 0.478 e. The maximum atomic E-state index is 13.2. The Morgan fingerprint density at radius 2 is 1.65 bits per heavy atom. The topological polar surface area (TPSA) is 129 Å². The summed E-state index contributed by atoms with van der Waals surface area (Å²) < 4.78 is 81.2. The van der Waals surface area contributed by atoms with Gasteiger partial charge in [0.15, 0.2) is 0 Å². The van der Waals surface area contributed by atoms with Crippen LogP contribution in [0.1, 0.15) is 33.5 Å². The van der Waals surface area contributed by atoms with Crippen LogP contribution in [-0.2, 0) is 40.2 Å². The lowest BCUT2D eigenvalue weighted by atomic mass is 10.0. The van der Waals surface area contributed by atoms with Gasteiger partial charge < -0.3 is 19.7 Å².